The molecule has 2 aliphatic heterocycles. The van der Waals surface area contributed by atoms with E-state index >= 15 is 0 Å². The van der Waals surface area contributed by atoms with Gasteiger partial charge in [0.15, 0.2) is 0 Å². The molecule has 2 rings (SSSR count). The van der Waals surface area contributed by atoms with Crippen LogP contribution in [0.5, 0.6) is 0 Å². The molecule has 0 aromatic heterocycles. The monoisotopic (exact) mass is 198 g/mol. The summed E-state index contributed by atoms with van der Waals surface area (Å²) in [6.07, 6.45) is 5.34. The van der Waals surface area contributed by atoms with Gasteiger partial charge >= 0.3 is 0 Å². The topological polar surface area (TPSA) is 32.6 Å². The average molecular weight is 198 g/mol. The highest BCUT2D eigenvalue weighted by molar-refractivity contribution is 4.74. The van der Waals surface area contributed by atoms with E-state index in [0.717, 1.165) is 32.9 Å². The van der Waals surface area contributed by atoms with Crippen LogP contribution in [0.1, 0.15) is 25.7 Å². The van der Waals surface area contributed by atoms with Crippen LogP contribution in [0.2, 0.25) is 0 Å². The molecule has 0 bridgehead atoms. The van der Waals surface area contributed by atoms with Crippen molar-refractivity contribution in [1.82, 2.24) is 5.32 Å². The Morgan fingerprint density at radius 2 is 1.79 bits per heavy atom. The fraction of sp³-hybridized carbons (Fsp3) is 1.00. The molecular weight excluding hydrogens is 178 g/mol. The standard InChI is InChI=1S/C11H20NO2/c1-3-10(4-2-6-12-5-1)11-9-13-7-8-14-11/h10-11H,1-9H2. The van der Waals surface area contributed by atoms with Crippen LogP contribution in [0.25, 0.3) is 0 Å². The Balaban J connectivity index is 1.80. The molecule has 81 valence electrons. The van der Waals surface area contributed by atoms with E-state index in [1.807, 2.05) is 0 Å². The van der Waals surface area contributed by atoms with Crippen LogP contribution in [0.3, 0.4) is 0 Å². The summed E-state index contributed by atoms with van der Waals surface area (Å²) in [5.41, 5.74) is 0. The normalized spacial score (nSPS) is 32.1. The second-order valence-electron chi connectivity index (χ2n) is 4.20. The van der Waals surface area contributed by atoms with Gasteiger partial charge in [0, 0.05) is 13.1 Å². The molecule has 0 aromatic rings. The molecule has 1 radical (unpaired) electrons. The van der Waals surface area contributed by atoms with E-state index in [0.29, 0.717) is 12.0 Å². The van der Waals surface area contributed by atoms with Crippen molar-refractivity contribution in [3.05, 3.63) is 0 Å². The van der Waals surface area contributed by atoms with Crippen LogP contribution in [0, 0.1) is 5.92 Å². The summed E-state index contributed by atoms with van der Waals surface area (Å²) >= 11 is 0. The molecule has 3 heteroatoms. The smallest absolute Gasteiger partial charge is 0.0837 e. The van der Waals surface area contributed by atoms with Gasteiger partial charge in [0.2, 0.25) is 0 Å². The van der Waals surface area contributed by atoms with Crippen molar-refractivity contribution in [2.75, 3.05) is 32.9 Å². The molecule has 3 nitrogen and oxygen atoms in total. The zero-order valence-electron chi connectivity index (χ0n) is 8.78. The minimum absolute atomic E-state index is 0.363. The van der Waals surface area contributed by atoms with Crippen molar-refractivity contribution < 1.29 is 9.47 Å². The van der Waals surface area contributed by atoms with Crippen molar-refractivity contribution in [1.29, 1.82) is 0 Å². The van der Waals surface area contributed by atoms with Gasteiger partial charge in [0.05, 0.1) is 25.9 Å². The van der Waals surface area contributed by atoms with E-state index in [1.54, 1.807) is 0 Å². The first-order chi connectivity index (χ1) is 6.97. The van der Waals surface area contributed by atoms with E-state index in [-0.39, 0.29) is 0 Å². The first-order valence-corrected chi connectivity index (χ1v) is 5.79. The van der Waals surface area contributed by atoms with E-state index in [9.17, 15) is 0 Å². The Hall–Kier alpha value is -0.120. The van der Waals surface area contributed by atoms with Gasteiger partial charge in [0.1, 0.15) is 0 Å². The third kappa shape index (κ3) is 2.94. The fourth-order valence-corrected chi connectivity index (χ4v) is 2.34. The number of rotatable bonds is 1. The highest BCUT2D eigenvalue weighted by atomic mass is 16.6. The minimum Gasteiger partial charge on any atom is -0.376 e. The number of nitrogens with zero attached hydrogens (tertiary/aromatic N) is 1. The zero-order chi connectivity index (χ0) is 9.64. The van der Waals surface area contributed by atoms with E-state index in [4.69, 9.17) is 9.47 Å². The molecule has 1 atom stereocenters. The lowest BCUT2D eigenvalue weighted by atomic mass is 9.90. The molecule has 0 spiro atoms. The molecular formula is C11H20NO2. The molecule has 0 amide bonds. The van der Waals surface area contributed by atoms with Crippen molar-refractivity contribution in [2.45, 2.75) is 31.8 Å². The lowest BCUT2D eigenvalue weighted by molar-refractivity contribution is -0.114. The highest BCUT2D eigenvalue weighted by Gasteiger charge is 2.25. The van der Waals surface area contributed by atoms with E-state index in [1.165, 1.54) is 25.7 Å². The van der Waals surface area contributed by atoms with Crippen LogP contribution >= 0.6 is 0 Å². The van der Waals surface area contributed by atoms with Crippen LogP contribution in [0.4, 0.5) is 0 Å². The number of ether oxygens (including phenoxy) is 2. The highest BCUT2D eigenvalue weighted by Crippen LogP contribution is 2.23. The molecule has 1 unspecified atom stereocenters. The van der Waals surface area contributed by atoms with Crippen LogP contribution < -0.4 is 5.32 Å². The van der Waals surface area contributed by atoms with Gasteiger partial charge in [-0.1, -0.05) is 0 Å². The second-order valence-corrected chi connectivity index (χ2v) is 4.20. The maximum Gasteiger partial charge on any atom is 0.0837 e. The summed E-state index contributed by atoms with van der Waals surface area (Å²) in [5, 5.41) is 4.44. The Bertz CT molecular complexity index is 149. The SMILES string of the molecule is C1C[N]CCCC(C2COCCO2)C1. The lowest BCUT2D eigenvalue weighted by Gasteiger charge is -2.31. The third-order valence-electron chi connectivity index (χ3n) is 3.15. The molecule has 2 aliphatic rings. The first kappa shape index (κ1) is 10.4. The predicted molar refractivity (Wildman–Crippen MR) is 54.4 cm³/mol. The van der Waals surface area contributed by atoms with Gasteiger partial charge in [-0.05, 0) is 31.6 Å². The van der Waals surface area contributed by atoms with Gasteiger partial charge in [0.25, 0.3) is 0 Å². The summed E-state index contributed by atoms with van der Waals surface area (Å²) < 4.78 is 11.2. The van der Waals surface area contributed by atoms with Gasteiger partial charge in [-0.3, -0.25) is 0 Å². The largest absolute Gasteiger partial charge is 0.376 e. The molecule has 2 heterocycles. The number of hydrogen-bond donors (Lipinski definition) is 0. The van der Waals surface area contributed by atoms with Gasteiger partial charge < -0.3 is 9.47 Å². The van der Waals surface area contributed by atoms with Gasteiger partial charge in [-0.25, -0.2) is 5.32 Å². The number of hydrogen-bond acceptors (Lipinski definition) is 2. The first-order valence-electron chi connectivity index (χ1n) is 5.79. The maximum absolute atomic E-state index is 5.76. The Labute approximate surface area is 86.2 Å². The fourth-order valence-electron chi connectivity index (χ4n) is 2.34. The van der Waals surface area contributed by atoms with E-state index in [2.05, 4.69) is 5.32 Å². The van der Waals surface area contributed by atoms with Crippen molar-refractivity contribution in [3.8, 4) is 0 Å². The molecule has 0 aliphatic carbocycles. The van der Waals surface area contributed by atoms with Crippen LogP contribution in [0.15, 0.2) is 0 Å². The third-order valence-corrected chi connectivity index (χ3v) is 3.15. The van der Waals surface area contributed by atoms with Gasteiger partial charge in [-0.2, -0.15) is 0 Å². The molecule has 2 saturated heterocycles. The van der Waals surface area contributed by atoms with Crippen molar-refractivity contribution in [3.63, 3.8) is 0 Å². The van der Waals surface area contributed by atoms with E-state index < -0.39 is 0 Å². The predicted octanol–water partition coefficient (Wildman–Crippen LogP) is 1.20. The molecule has 0 saturated carbocycles. The van der Waals surface area contributed by atoms with Crippen molar-refractivity contribution >= 4 is 0 Å². The molecule has 0 aromatic carbocycles. The van der Waals surface area contributed by atoms with Crippen molar-refractivity contribution in [2.24, 2.45) is 5.92 Å². The van der Waals surface area contributed by atoms with Gasteiger partial charge in [-0.15, -0.1) is 0 Å². The maximum atomic E-state index is 5.76. The second kappa shape index (κ2) is 5.69. The Morgan fingerprint density at radius 1 is 1.00 bits per heavy atom. The molecule has 14 heavy (non-hydrogen) atoms. The molecule has 0 N–H and O–H groups in total. The zero-order valence-corrected chi connectivity index (χ0v) is 8.78. The summed E-state index contributed by atoms with van der Waals surface area (Å²) in [7, 11) is 0. The Morgan fingerprint density at radius 3 is 2.43 bits per heavy atom. The summed E-state index contributed by atoms with van der Waals surface area (Å²) in [5.74, 6) is 0.714. The summed E-state index contributed by atoms with van der Waals surface area (Å²) in [6, 6.07) is 0. The molecule has 2 fully saturated rings. The average Bonchev–Trinajstić information content (AvgIpc) is 2.18. The van der Waals surface area contributed by atoms with Crippen LogP contribution in [-0.4, -0.2) is 39.0 Å². The quantitative estimate of drug-likeness (QED) is 0.634. The summed E-state index contributed by atoms with van der Waals surface area (Å²) in [4.78, 5) is 0. The summed E-state index contributed by atoms with van der Waals surface area (Å²) in [6.45, 7) is 4.46. The lowest BCUT2D eigenvalue weighted by Crippen LogP contribution is -2.36. The minimum atomic E-state index is 0.363. The van der Waals surface area contributed by atoms with Crippen LogP contribution in [-0.2, 0) is 9.47 Å². The Kier molecular flexibility index (Phi) is 4.22.